The smallest absolute Gasteiger partial charge is 0.375 e. The fourth-order valence-corrected chi connectivity index (χ4v) is 3.29. The van der Waals surface area contributed by atoms with E-state index in [4.69, 9.17) is 4.74 Å². The second-order valence-corrected chi connectivity index (χ2v) is 7.23. The first-order chi connectivity index (χ1) is 14.8. The van der Waals surface area contributed by atoms with Crippen molar-refractivity contribution >= 4 is 11.8 Å². The first-order valence-corrected chi connectivity index (χ1v) is 9.88. The Kier molecular flexibility index (Phi) is 7.32. The maximum atomic E-state index is 13.2. The highest BCUT2D eigenvalue weighted by atomic mass is 19.4. The van der Waals surface area contributed by atoms with Crippen LogP contribution in [-0.4, -0.2) is 43.8 Å². The minimum absolute atomic E-state index is 0.0670. The highest BCUT2D eigenvalue weighted by Gasteiger charge is 2.33. The van der Waals surface area contributed by atoms with Gasteiger partial charge in [-0.05, 0) is 36.2 Å². The number of rotatable bonds is 5. The van der Waals surface area contributed by atoms with E-state index in [-0.39, 0.29) is 18.2 Å². The van der Waals surface area contributed by atoms with E-state index >= 15 is 0 Å². The summed E-state index contributed by atoms with van der Waals surface area (Å²) in [5.74, 6) is 0.266. The van der Waals surface area contributed by atoms with Crippen molar-refractivity contribution in [1.29, 1.82) is 0 Å². The van der Waals surface area contributed by atoms with Crippen LogP contribution in [0.3, 0.4) is 0 Å². The molecule has 0 spiro atoms. The number of hydrogen-bond donors (Lipinski definition) is 2. The van der Waals surface area contributed by atoms with E-state index in [1.165, 1.54) is 7.05 Å². The van der Waals surface area contributed by atoms with Crippen molar-refractivity contribution in [2.45, 2.75) is 32.3 Å². The van der Waals surface area contributed by atoms with Crippen molar-refractivity contribution < 1.29 is 22.3 Å². The molecule has 1 aliphatic rings. The van der Waals surface area contributed by atoms with Gasteiger partial charge in [0.15, 0.2) is 5.96 Å². The van der Waals surface area contributed by atoms with E-state index in [0.29, 0.717) is 25.2 Å². The normalized spacial score (nSPS) is 17.5. The molecule has 0 radical (unpaired) electrons. The van der Waals surface area contributed by atoms with Gasteiger partial charge in [-0.2, -0.15) is 13.2 Å². The van der Waals surface area contributed by atoms with Crippen LogP contribution in [0.5, 0.6) is 0 Å². The molecule has 1 fully saturated rings. The van der Waals surface area contributed by atoms with Gasteiger partial charge in [-0.3, -0.25) is 4.99 Å². The van der Waals surface area contributed by atoms with Crippen LogP contribution in [0.4, 0.5) is 23.4 Å². The van der Waals surface area contributed by atoms with E-state index in [0.717, 1.165) is 36.6 Å². The van der Waals surface area contributed by atoms with Crippen LogP contribution in [0.2, 0.25) is 0 Å². The van der Waals surface area contributed by atoms with E-state index in [1.807, 2.05) is 19.1 Å². The Hall–Kier alpha value is -2.88. The SMILES string of the molecule is CN=C(NCc1ccc(N2CCOC(C)C2)nc1)NCc1ccc(F)cc1C(F)(F)F. The molecule has 1 aromatic heterocycles. The number of pyridine rings is 1. The van der Waals surface area contributed by atoms with E-state index in [1.54, 1.807) is 6.20 Å². The second kappa shape index (κ2) is 9.95. The highest BCUT2D eigenvalue weighted by Crippen LogP contribution is 2.32. The van der Waals surface area contributed by atoms with Crippen LogP contribution >= 0.6 is 0 Å². The van der Waals surface area contributed by atoms with Crippen molar-refractivity contribution in [3.8, 4) is 0 Å². The molecule has 1 aliphatic heterocycles. The summed E-state index contributed by atoms with van der Waals surface area (Å²) in [4.78, 5) is 10.7. The maximum absolute atomic E-state index is 13.2. The number of ether oxygens (including phenoxy) is 1. The Morgan fingerprint density at radius 3 is 2.65 bits per heavy atom. The lowest BCUT2D eigenvalue weighted by Gasteiger charge is -2.32. The van der Waals surface area contributed by atoms with Gasteiger partial charge in [0.2, 0.25) is 0 Å². The number of anilines is 1. The van der Waals surface area contributed by atoms with Gasteiger partial charge < -0.3 is 20.3 Å². The minimum atomic E-state index is -4.64. The molecule has 2 aromatic rings. The lowest BCUT2D eigenvalue weighted by Crippen LogP contribution is -2.41. The summed E-state index contributed by atoms with van der Waals surface area (Å²) in [5, 5.41) is 5.87. The van der Waals surface area contributed by atoms with Crippen molar-refractivity contribution in [1.82, 2.24) is 15.6 Å². The zero-order chi connectivity index (χ0) is 22.4. The van der Waals surface area contributed by atoms with Crippen LogP contribution in [0.1, 0.15) is 23.6 Å². The molecule has 0 amide bonds. The van der Waals surface area contributed by atoms with Gasteiger partial charge in [-0.15, -0.1) is 0 Å². The predicted octanol–water partition coefficient (Wildman–Crippen LogP) is 3.33. The van der Waals surface area contributed by atoms with Gasteiger partial charge >= 0.3 is 6.18 Å². The van der Waals surface area contributed by atoms with Gasteiger partial charge in [0.25, 0.3) is 0 Å². The molecule has 2 N–H and O–H groups in total. The number of aliphatic imine (C=N–C) groups is 1. The molecule has 31 heavy (non-hydrogen) atoms. The van der Waals surface area contributed by atoms with Gasteiger partial charge in [0.05, 0.1) is 18.3 Å². The number of nitrogens with zero attached hydrogens (tertiary/aromatic N) is 3. The van der Waals surface area contributed by atoms with E-state index in [9.17, 15) is 17.6 Å². The van der Waals surface area contributed by atoms with Crippen LogP contribution in [-0.2, 0) is 24.0 Å². The third kappa shape index (κ3) is 6.30. The summed E-state index contributed by atoms with van der Waals surface area (Å²) in [6.07, 6.45) is -2.73. The quantitative estimate of drug-likeness (QED) is 0.425. The number of hydrogen-bond acceptors (Lipinski definition) is 4. The second-order valence-electron chi connectivity index (χ2n) is 7.23. The Bertz CT molecular complexity index is 902. The summed E-state index contributed by atoms with van der Waals surface area (Å²) in [6.45, 7) is 4.49. The Morgan fingerprint density at radius 1 is 1.23 bits per heavy atom. The van der Waals surface area contributed by atoms with Crippen molar-refractivity contribution in [3.63, 3.8) is 0 Å². The number of guanidine groups is 1. The third-order valence-corrected chi connectivity index (χ3v) is 4.88. The summed E-state index contributed by atoms with van der Waals surface area (Å²) in [7, 11) is 1.52. The average Bonchev–Trinajstić information content (AvgIpc) is 2.74. The molecule has 3 rings (SSSR count). The summed E-state index contributed by atoms with van der Waals surface area (Å²) in [5.41, 5.74) is -0.180. The van der Waals surface area contributed by atoms with Gasteiger partial charge in [-0.25, -0.2) is 9.37 Å². The number of halogens is 4. The van der Waals surface area contributed by atoms with E-state index < -0.39 is 17.6 Å². The van der Waals surface area contributed by atoms with Gasteiger partial charge in [0.1, 0.15) is 11.6 Å². The van der Waals surface area contributed by atoms with Crippen molar-refractivity contribution in [3.05, 3.63) is 59.0 Å². The number of morpholine rings is 1. The third-order valence-electron chi connectivity index (χ3n) is 4.88. The summed E-state index contributed by atoms with van der Waals surface area (Å²) < 4.78 is 58.2. The molecular formula is C21H25F4N5O. The molecule has 1 saturated heterocycles. The molecule has 6 nitrogen and oxygen atoms in total. The van der Waals surface area contributed by atoms with Gasteiger partial charge in [0, 0.05) is 39.4 Å². The lowest BCUT2D eigenvalue weighted by molar-refractivity contribution is -0.138. The Balaban J connectivity index is 1.56. The average molecular weight is 439 g/mol. The van der Waals surface area contributed by atoms with Gasteiger partial charge in [-0.1, -0.05) is 12.1 Å². The van der Waals surface area contributed by atoms with Crippen LogP contribution in [0.25, 0.3) is 0 Å². The summed E-state index contributed by atoms with van der Waals surface area (Å²) >= 11 is 0. The molecular weight excluding hydrogens is 414 g/mol. The predicted molar refractivity (Wildman–Crippen MR) is 110 cm³/mol. The maximum Gasteiger partial charge on any atom is 0.416 e. The molecule has 0 aliphatic carbocycles. The number of alkyl halides is 3. The zero-order valence-electron chi connectivity index (χ0n) is 17.3. The zero-order valence-corrected chi connectivity index (χ0v) is 17.3. The highest BCUT2D eigenvalue weighted by molar-refractivity contribution is 5.79. The van der Waals surface area contributed by atoms with Crippen LogP contribution in [0, 0.1) is 5.82 Å². The molecule has 1 unspecified atom stereocenters. The number of benzene rings is 1. The standard InChI is InChI=1S/C21H25F4N5O/c1-14-13-30(7-8-31-14)19-6-3-15(10-27-19)11-28-20(26-2)29-12-16-4-5-17(22)9-18(16)21(23,24)25/h3-6,9-10,14H,7-8,11-13H2,1-2H3,(H2,26,28,29). The molecule has 1 aromatic carbocycles. The van der Waals surface area contributed by atoms with Crippen LogP contribution in [0.15, 0.2) is 41.5 Å². The fourth-order valence-electron chi connectivity index (χ4n) is 3.29. The topological polar surface area (TPSA) is 61.8 Å². The van der Waals surface area contributed by atoms with E-state index in [2.05, 4.69) is 25.5 Å². The molecule has 168 valence electrons. The number of aromatic nitrogens is 1. The monoisotopic (exact) mass is 439 g/mol. The molecule has 2 heterocycles. The van der Waals surface area contributed by atoms with Crippen molar-refractivity contribution in [2.24, 2.45) is 4.99 Å². The van der Waals surface area contributed by atoms with Crippen LogP contribution < -0.4 is 15.5 Å². The fraction of sp³-hybridized carbons (Fsp3) is 0.429. The first kappa shape index (κ1) is 22.8. The number of nitrogens with one attached hydrogen (secondary N) is 2. The molecule has 1 atom stereocenters. The first-order valence-electron chi connectivity index (χ1n) is 9.88. The largest absolute Gasteiger partial charge is 0.416 e. The summed E-state index contributed by atoms with van der Waals surface area (Å²) in [6, 6.07) is 6.48. The lowest BCUT2D eigenvalue weighted by atomic mass is 10.1. The molecule has 10 heteroatoms. The molecule has 0 bridgehead atoms. The molecule has 0 saturated carbocycles. The van der Waals surface area contributed by atoms with Crippen molar-refractivity contribution in [2.75, 3.05) is 31.6 Å². The minimum Gasteiger partial charge on any atom is -0.375 e. The Morgan fingerprint density at radius 2 is 2.00 bits per heavy atom. The Labute approximate surface area is 178 Å².